The number of halogens is 1. The van der Waals surface area contributed by atoms with Gasteiger partial charge in [0.1, 0.15) is 17.3 Å². The van der Waals surface area contributed by atoms with Crippen molar-refractivity contribution in [2.75, 3.05) is 5.32 Å². The van der Waals surface area contributed by atoms with Crippen LogP contribution in [0.5, 0.6) is 0 Å². The van der Waals surface area contributed by atoms with Gasteiger partial charge in [-0.25, -0.2) is 0 Å². The number of aryl methyl sites for hydroxylation is 2. The van der Waals surface area contributed by atoms with Crippen molar-refractivity contribution in [2.24, 2.45) is 7.05 Å². The Morgan fingerprint density at radius 1 is 1.33 bits per heavy atom. The molecule has 8 heteroatoms. The zero-order chi connectivity index (χ0) is 12.7. The molecule has 0 aliphatic heterocycles. The minimum Gasteiger partial charge on any atom is -0.323 e. The van der Waals surface area contributed by atoms with Gasteiger partial charge in [-0.3, -0.25) is 4.68 Å². The average molecular weight is 264 g/mol. The van der Waals surface area contributed by atoms with Gasteiger partial charge < -0.3 is 5.32 Å². The maximum Gasteiger partial charge on any atom is 0.255 e. The van der Waals surface area contributed by atoms with Crippen LogP contribution in [0.15, 0.2) is 18.5 Å². The first-order valence-electron chi connectivity index (χ1n) is 5.27. The van der Waals surface area contributed by atoms with E-state index in [-0.39, 0.29) is 0 Å². The Labute approximate surface area is 107 Å². The van der Waals surface area contributed by atoms with E-state index in [1.807, 2.05) is 20.0 Å². The summed E-state index contributed by atoms with van der Waals surface area (Å²) in [5.74, 6) is 1.83. The Balaban J connectivity index is 2.06. The third-order valence-electron chi connectivity index (χ3n) is 2.59. The molecule has 0 aromatic carbocycles. The predicted octanol–water partition coefficient (Wildman–Crippen LogP) is 1.56. The summed E-state index contributed by atoms with van der Waals surface area (Å²) in [5.41, 5.74) is 1.05. The molecule has 0 aliphatic carbocycles. The molecular weight excluding hydrogens is 254 g/mol. The molecule has 0 atom stereocenters. The molecule has 7 nitrogen and oxygen atoms in total. The van der Waals surface area contributed by atoms with Crippen molar-refractivity contribution < 1.29 is 0 Å². The van der Waals surface area contributed by atoms with Crippen LogP contribution in [0, 0.1) is 6.92 Å². The first-order chi connectivity index (χ1) is 8.63. The predicted molar refractivity (Wildman–Crippen MR) is 67.0 cm³/mol. The van der Waals surface area contributed by atoms with Gasteiger partial charge >= 0.3 is 0 Å². The summed E-state index contributed by atoms with van der Waals surface area (Å²) >= 11 is 5.93. The van der Waals surface area contributed by atoms with Gasteiger partial charge in [-0.05, 0) is 6.92 Å². The monoisotopic (exact) mass is 263 g/mol. The van der Waals surface area contributed by atoms with Crippen LogP contribution in [0.3, 0.4) is 0 Å². The van der Waals surface area contributed by atoms with E-state index in [2.05, 4.69) is 25.5 Å². The molecule has 0 saturated carbocycles. The lowest BCUT2D eigenvalue weighted by Gasteiger charge is -2.04. The van der Waals surface area contributed by atoms with Crippen LogP contribution in [-0.4, -0.2) is 29.4 Å². The highest BCUT2D eigenvalue weighted by molar-refractivity contribution is 6.29. The summed E-state index contributed by atoms with van der Waals surface area (Å²) in [6, 6.07) is 3.60. The van der Waals surface area contributed by atoms with E-state index in [0.717, 1.165) is 5.69 Å². The maximum absolute atomic E-state index is 5.93. The number of hydrogen-bond acceptors (Lipinski definition) is 5. The van der Waals surface area contributed by atoms with E-state index in [9.17, 15) is 0 Å². The molecule has 0 aliphatic rings. The fraction of sp³-hybridized carbons (Fsp3) is 0.200. The Morgan fingerprint density at radius 3 is 2.89 bits per heavy atom. The number of nitrogens with one attached hydrogen (secondary N) is 1. The zero-order valence-electron chi connectivity index (χ0n) is 9.79. The molecule has 3 aromatic heterocycles. The topological polar surface area (TPSA) is 72.9 Å². The molecule has 3 aromatic rings. The van der Waals surface area contributed by atoms with Crippen molar-refractivity contribution in [1.29, 1.82) is 0 Å². The Hall–Kier alpha value is -2.15. The SMILES string of the molecule is Cc1cc(Nc2cc(Cl)nc3ncnn23)nn1C. The standard InChI is InChI=1S/C10H10ClN7/c1-6-3-8(16-17(6)2)15-9-4-7(11)14-10-12-5-13-18(9)10/h3-5H,1-2H3,(H,15,16). The highest BCUT2D eigenvalue weighted by Crippen LogP contribution is 2.19. The van der Waals surface area contributed by atoms with Crippen LogP contribution >= 0.6 is 11.6 Å². The quantitative estimate of drug-likeness (QED) is 0.711. The van der Waals surface area contributed by atoms with Crippen LogP contribution in [-0.2, 0) is 7.05 Å². The smallest absolute Gasteiger partial charge is 0.255 e. The molecule has 1 N–H and O–H groups in total. The van der Waals surface area contributed by atoms with E-state index in [0.29, 0.717) is 22.6 Å². The van der Waals surface area contributed by atoms with E-state index < -0.39 is 0 Å². The van der Waals surface area contributed by atoms with Gasteiger partial charge in [0.05, 0.1) is 0 Å². The van der Waals surface area contributed by atoms with Gasteiger partial charge in [0, 0.05) is 24.9 Å². The number of aromatic nitrogens is 6. The molecule has 0 spiro atoms. The summed E-state index contributed by atoms with van der Waals surface area (Å²) in [4.78, 5) is 8.05. The summed E-state index contributed by atoms with van der Waals surface area (Å²) in [5, 5.41) is 11.9. The second-order valence-electron chi connectivity index (χ2n) is 3.86. The van der Waals surface area contributed by atoms with Gasteiger partial charge in [0.2, 0.25) is 0 Å². The van der Waals surface area contributed by atoms with E-state index in [1.54, 1.807) is 15.3 Å². The van der Waals surface area contributed by atoms with Gasteiger partial charge in [-0.15, -0.1) is 0 Å². The second kappa shape index (κ2) is 3.95. The van der Waals surface area contributed by atoms with Crippen molar-refractivity contribution in [3.05, 3.63) is 29.3 Å². The minimum atomic E-state index is 0.352. The van der Waals surface area contributed by atoms with E-state index >= 15 is 0 Å². The molecule has 18 heavy (non-hydrogen) atoms. The molecule has 0 amide bonds. The van der Waals surface area contributed by atoms with Crippen molar-refractivity contribution in [3.8, 4) is 0 Å². The molecule has 0 saturated heterocycles. The minimum absolute atomic E-state index is 0.352. The first kappa shape index (κ1) is 11.0. The fourth-order valence-corrected chi connectivity index (χ4v) is 1.80. The van der Waals surface area contributed by atoms with Crippen LogP contribution in [0.4, 0.5) is 11.6 Å². The van der Waals surface area contributed by atoms with Gasteiger partial charge in [-0.2, -0.15) is 24.7 Å². The number of rotatable bonds is 2. The van der Waals surface area contributed by atoms with Crippen molar-refractivity contribution in [1.82, 2.24) is 29.4 Å². The molecule has 3 rings (SSSR count). The van der Waals surface area contributed by atoms with E-state index in [4.69, 9.17) is 11.6 Å². The normalized spacial score (nSPS) is 11.1. The lowest BCUT2D eigenvalue weighted by Crippen LogP contribution is -2.02. The average Bonchev–Trinajstić information content (AvgIpc) is 2.86. The Kier molecular flexibility index (Phi) is 2.41. The first-order valence-corrected chi connectivity index (χ1v) is 5.65. The third kappa shape index (κ3) is 1.78. The fourth-order valence-electron chi connectivity index (χ4n) is 1.63. The van der Waals surface area contributed by atoms with E-state index in [1.165, 1.54) is 6.33 Å². The Morgan fingerprint density at radius 2 is 2.17 bits per heavy atom. The molecule has 0 fully saturated rings. The highest BCUT2D eigenvalue weighted by Gasteiger charge is 2.08. The zero-order valence-corrected chi connectivity index (χ0v) is 10.5. The molecule has 0 radical (unpaired) electrons. The third-order valence-corrected chi connectivity index (χ3v) is 2.78. The summed E-state index contributed by atoms with van der Waals surface area (Å²) < 4.78 is 3.35. The summed E-state index contributed by atoms with van der Waals surface area (Å²) in [7, 11) is 1.88. The Bertz CT molecular complexity index is 695. The number of hydrogen-bond donors (Lipinski definition) is 1. The second-order valence-corrected chi connectivity index (χ2v) is 4.24. The summed E-state index contributed by atoms with van der Waals surface area (Å²) in [6.45, 7) is 1.97. The van der Waals surface area contributed by atoms with Gasteiger partial charge in [0.15, 0.2) is 5.82 Å². The molecule has 0 unspecified atom stereocenters. The molecular formula is C10H10ClN7. The van der Waals surface area contributed by atoms with Crippen LogP contribution in [0.25, 0.3) is 5.78 Å². The van der Waals surface area contributed by atoms with Crippen LogP contribution in [0.1, 0.15) is 5.69 Å². The van der Waals surface area contributed by atoms with Crippen LogP contribution < -0.4 is 5.32 Å². The maximum atomic E-state index is 5.93. The molecule has 92 valence electrons. The number of anilines is 2. The number of fused-ring (bicyclic) bond motifs is 1. The van der Waals surface area contributed by atoms with Crippen molar-refractivity contribution in [2.45, 2.75) is 6.92 Å². The summed E-state index contributed by atoms with van der Waals surface area (Å²) in [6.07, 6.45) is 1.42. The van der Waals surface area contributed by atoms with Crippen molar-refractivity contribution in [3.63, 3.8) is 0 Å². The lowest BCUT2D eigenvalue weighted by molar-refractivity contribution is 0.742. The molecule has 3 heterocycles. The van der Waals surface area contributed by atoms with Crippen LogP contribution in [0.2, 0.25) is 5.15 Å². The number of nitrogens with zero attached hydrogens (tertiary/aromatic N) is 6. The lowest BCUT2D eigenvalue weighted by atomic mass is 10.4. The van der Waals surface area contributed by atoms with Gasteiger partial charge in [-0.1, -0.05) is 11.6 Å². The largest absolute Gasteiger partial charge is 0.323 e. The van der Waals surface area contributed by atoms with Crippen molar-refractivity contribution >= 4 is 29.0 Å². The van der Waals surface area contributed by atoms with Gasteiger partial charge in [0.25, 0.3) is 5.78 Å². The molecule has 0 bridgehead atoms. The highest BCUT2D eigenvalue weighted by atomic mass is 35.5.